The Hall–Kier alpha value is -2.72. The first-order valence-corrected chi connectivity index (χ1v) is 10.2. The monoisotopic (exact) mass is 390 g/mol. The smallest absolute Gasteiger partial charge is 0.212 e. The Bertz CT molecular complexity index is 893. The highest BCUT2D eigenvalue weighted by molar-refractivity contribution is 8.13. The summed E-state index contributed by atoms with van der Waals surface area (Å²) < 4.78 is 0. The van der Waals surface area contributed by atoms with Gasteiger partial charge in [0, 0.05) is 16.9 Å². The number of rotatable bonds is 8. The number of carbonyl (C=O) groups is 3. The van der Waals surface area contributed by atoms with Crippen LogP contribution in [0.1, 0.15) is 45.5 Å². The molecule has 0 bridgehead atoms. The predicted molar refractivity (Wildman–Crippen MR) is 113 cm³/mol. The van der Waals surface area contributed by atoms with Crippen LogP contribution in [0.4, 0.5) is 0 Å². The zero-order valence-corrected chi connectivity index (χ0v) is 16.4. The molecule has 4 heteroatoms. The Balaban J connectivity index is 1.61. The number of hydrogen-bond acceptors (Lipinski definition) is 4. The van der Waals surface area contributed by atoms with Crippen LogP contribution in [0, 0.1) is 5.41 Å². The molecule has 0 aromatic heterocycles. The molecule has 0 aliphatic heterocycles. The van der Waals surface area contributed by atoms with Gasteiger partial charge in [0.2, 0.25) is 5.12 Å². The molecule has 142 valence electrons. The normalized spacial score (nSPS) is 15.0. The fourth-order valence-corrected chi connectivity index (χ4v) is 4.24. The van der Waals surface area contributed by atoms with Gasteiger partial charge in [0.15, 0.2) is 11.6 Å². The number of thioether (sulfide) groups is 1. The van der Waals surface area contributed by atoms with E-state index in [4.69, 9.17) is 0 Å². The largest absolute Gasteiger partial charge is 0.293 e. The molecule has 0 unspecified atom stereocenters. The van der Waals surface area contributed by atoms with E-state index in [1.54, 1.807) is 36.4 Å². The molecule has 0 heterocycles. The third-order valence-electron chi connectivity index (χ3n) is 4.99. The van der Waals surface area contributed by atoms with Gasteiger partial charge in [-0.1, -0.05) is 78.5 Å². The highest BCUT2D eigenvalue weighted by Crippen LogP contribution is 2.43. The third kappa shape index (κ3) is 4.07. The van der Waals surface area contributed by atoms with Crippen LogP contribution in [0.5, 0.6) is 0 Å². The van der Waals surface area contributed by atoms with Crippen LogP contribution in [0.15, 0.2) is 79.4 Å². The second-order valence-electron chi connectivity index (χ2n) is 6.81. The van der Waals surface area contributed by atoms with Crippen molar-refractivity contribution in [1.29, 1.82) is 0 Å². The van der Waals surface area contributed by atoms with Crippen LogP contribution in [-0.4, -0.2) is 16.7 Å². The number of benzene rings is 2. The molecule has 0 fully saturated rings. The molecule has 1 aliphatic rings. The van der Waals surface area contributed by atoms with E-state index < -0.39 is 5.41 Å². The van der Waals surface area contributed by atoms with Crippen molar-refractivity contribution >= 4 is 28.4 Å². The number of fused-ring (bicyclic) bond motifs is 1. The minimum atomic E-state index is -1.09. The van der Waals surface area contributed by atoms with Crippen LogP contribution >= 0.6 is 11.8 Å². The Morgan fingerprint density at radius 2 is 1.57 bits per heavy atom. The van der Waals surface area contributed by atoms with Gasteiger partial charge in [0.1, 0.15) is 5.41 Å². The van der Waals surface area contributed by atoms with Gasteiger partial charge in [-0.15, -0.1) is 6.58 Å². The molecule has 0 atom stereocenters. The quantitative estimate of drug-likeness (QED) is 0.343. The van der Waals surface area contributed by atoms with E-state index in [2.05, 4.69) is 6.58 Å². The lowest BCUT2D eigenvalue weighted by atomic mass is 9.75. The summed E-state index contributed by atoms with van der Waals surface area (Å²) in [5, 5.41) is -0.0333. The van der Waals surface area contributed by atoms with Gasteiger partial charge in [-0.3, -0.25) is 14.4 Å². The number of ketones is 2. The van der Waals surface area contributed by atoms with Crippen molar-refractivity contribution < 1.29 is 14.4 Å². The lowest BCUT2D eigenvalue weighted by molar-refractivity contribution is -0.107. The molecular formula is C24H22O3S. The number of carbonyl (C=O) groups excluding carboxylic acids is 3. The highest BCUT2D eigenvalue weighted by atomic mass is 32.2. The lowest BCUT2D eigenvalue weighted by Crippen LogP contribution is -2.32. The summed E-state index contributed by atoms with van der Waals surface area (Å²) in [6.45, 7) is 3.73. The Morgan fingerprint density at radius 3 is 2.18 bits per heavy atom. The summed E-state index contributed by atoms with van der Waals surface area (Å²) in [6, 6.07) is 16.8. The van der Waals surface area contributed by atoms with Gasteiger partial charge in [0.25, 0.3) is 0 Å². The van der Waals surface area contributed by atoms with Gasteiger partial charge >= 0.3 is 0 Å². The van der Waals surface area contributed by atoms with Gasteiger partial charge < -0.3 is 0 Å². The maximum atomic E-state index is 12.9. The summed E-state index contributed by atoms with van der Waals surface area (Å²) in [5.41, 5.74) is 0.996. The maximum absolute atomic E-state index is 12.9. The Morgan fingerprint density at radius 1 is 0.964 bits per heavy atom. The van der Waals surface area contributed by atoms with E-state index in [-0.39, 0.29) is 16.7 Å². The average Bonchev–Trinajstić information content (AvgIpc) is 2.93. The number of hydrogen-bond donors (Lipinski definition) is 0. The summed E-state index contributed by atoms with van der Waals surface area (Å²) in [5.74, 6) is 0.355. The first-order chi connectivity index (χ1) is 13.6. The zero-order valence-electron chi connectivity index (χ0n) is 15.6. The lowest BCUT2D eigenvalue weighted by Gasteiger charge is -2.23. The van der Waals surface area contributed by atoms with Crippen molar-refractivity contribution in [3.63, 3.8) is 0 Å². The molecule has 0 saturated heterocycles. The van der Waals surface area contributed by atoms with E-state index in [1.165, 1.54) is 17.8 Å². The van der Waals surface area contributed by atoms with Crippen LogP contribution < -0.4 is 0 Å². The van der Waals surface area contributed by atoms with E-state index in [9.17, 15) is 14.4 Å². The molecule has 2 aromatic rings. The minimum Gasteiger partial charge on any atom is -0.293 e. The molecule has 1 aliphatic carbocycles. The van der Waals surface area contributed by atoms with Crippen molar-refractivity contribution in [1.82, 2.24) is 0 Å². The molecule has 3 nitrogen and oxygen atoms in total. The topological polar surface area (TPSA) is 51.2 Å². The van der Waals surface area contributed by atoms with Crippen molar-refractivity contribution in [2.24, 2.45) is 5.41 Å². The van der Waals surface area contributed by atoms with E-state index >= 15 is 0 Å². The minimum absolute atomic E-state index is 0.0333. The molecule has 2 aromatic carbocycles. The fourth-order valence-electron chi connectivity index (χ4n) is 3.54. The van der Waals surface area contributed by atoms with Crippen LogP contribution in [0.2, 0.25) is 0 Å². The number of Topliss-reactive ketones (excluding diaryl/α,β-unsaturated/α-hetero) is 2. The molecule has 0 N–H and O–H groups in total. The summed E-state index contributed by atoms with van der Waals surface area (Å²) in [7, 11) is 0. The van der Waals surface area contributed by atoms with E-state index in [0.29, 0.717) is 36.1 Å². The summed E-state index contributed by atoms with van der Waals surface area (Å²) in [4.78, 5) is 37.9. The molecule has 0 saturated carbocycles. The van der Waals surface area contributed by atoms with Crippen molar-refractivity contribution in [3.8, 4) is 0 Å². The molecular weight excluding hydrogens is 368 g/mol. The number of allylic oxidation sites excluding steroid dienone is 2. The highest BCUT2D eigenvalue weighted by Gasteiger charge is 2.51. The second kappa shape index (κ2) is 8.98. The molecule has 28 heavy (non-hydrogen) atoms. The van der Waals surface area contributed by atoms with Gasteiger partial charge in [0.05, 0.1) is 0 Å². The molecule has 0 spiro atoms. The predicted octanol–water partition coefficient (Wildman–Crippen LogP) is 5.42. The Kier molecular flexibility index (Phi) is 6.42. The van der Waals surface area contributed by atoms with Crippen LogP contribution in [0.3, 0.4) is 0 Å². The van der Waals surface area contributed by atoms with Crippen LogP contribution in [0.25, 0.3) is 0 Å². The van der Waals surface area contributed by atoms with Gasteiger partial charge in [-0.05, 0) is 30.9 Å². The van der Waals surface area contributed by atoms with Crippen molar-refractivity contribution in [3.05, 3.63) is 96.1 Å². The fraction of sp³-hybridized carbons (Fsp3) is 0.208. The maximum Gasteiger partial charge on any atom is 0.212 e. The summed E-state index contributed by atoms with van der Waals surface area (Å²) >= 11 is 1.24. The Labute approximate surface area is 169 Å². The summed E-state index contributed by atoms with van der Waals surface area (Å²) in [6.07, 6.45) is 6.09. The van der Waals surface area contributed by atoms with Crippen molar-refractivity contribution in [2.75, 3.05) is 0 Å². The zero-order chi connectivity index (χ0) is 20.0. The molecule has 0 amide bonds. The first-order valence-electron chi connectivity index (χ1n) is 9.25. The standard InChI is InChI=1S/C24H22O3S/c1-2-15-24(22(26)19-12-6-7-13-20(19)23(24)27)16-9-8-14-21(25)28-17-18-10-4-3-5-11-18/h2-8,10-14H,1,9,15-17H2/b14-8-. The average molecular weight is 391 g/mol. The second-order valence-corrected chi connectivity index (χ2v) is 7.79. The van der Waals surface area contributed by atoms with Gasteiger partial charge in [-0.2, -0.15) is 0 Å². The first kappa shape index (κ1) is 20.0. The SMILES string of the molecule is C=CCC1(CC/C=C\C(=O)SCc2ccccc2)C(=O)c2ccccc2C1=O. The van der Waals surface area contributed by atoms with E-state index in [0.717, 1.165) is 5.56 Å². The van der Waals surface area contributed by atoms with Crippen molar-refractivity contribution in [2.45, 2.75) is 25.0 Å². The van der Waals surface area contributed by atoms with E-state index in [1.807, 2.05) is 30.3 Å². The van der Waals surface area contributed by atoms with Gasteiger partial charge in [-0.25, -0.2) is 0 Å². The molecule has 3 rings (SSSR count). The third-order valence-corrected chi connectivity index (χ3v) is 5.89. The van der Waals surface area contributed by atoms with Crippen LogP contribution in [-0.2, 0) is 10.5 Å². The molecule has 0 radical (unpaired) electrons.